The molecule has 0 aliphatic carbocycles. The van der Waals surface area contributed by atoms with Crippen LogP contribution in [0.15, 0.2) is 36.4 Å². The molecule has 1 heterocycles. The van der Waals surface area contributed by atoms with E-state index in [1.807, 2.05) is 29.7 Å². The maximum Gasteiger partial charge on any atom is 0.255 e. The van der Waals surface area contributed by atoms with E-state index in [2.05, 4.69) is 5.32 Å². The molecule has 1 N–H and O–H groups in total. The van der Waals surface area contributed by atoms with E-state index >= 15 is 0 Å². The molecule has 0 spiro atoms. The number of halogens is 2. The highest BCUT2D eigenvalue weighted by atomic mass is 35.5. The molecule has 136 valence electrons. The van der Waals surface area contributed by atoms with Crippen LogP contribution in [0.2, 0.25) is 10.0 Å². The fourth-order valence-electron chi connectivity index (χ4n) is 2.77. The summed E-state index contributed by atoms with van der Waals surface area (Å²) in [6.45, 7) is 3.41. The van der Waals surface area contributed by atoms with Gasteiger partial charge in [-0.25, -0.2) is 0 Å². The summed E-state index contributed by atoms with van der Waals surface area (Å²) in [6, 6.07) is 10.0. The van der Waals surface area contributed by atoms with Crippen LogP contribution in [0.1, 0.15) is 26.3 Å². The van der Waals surface area contributed by atoms with E-state index < -0.39 is 0 Å². The van der Waals surface area contributed by atoms with Crippen molar-refractivity contribution in [3.8, 4) is 0 Å². The summed E-state index contributed by atoms with van der Waals surface area (Å²) in [5.41, 5.74) is 2.49. The maximum absolute atomic E-state index is 12.6. The van der Waals surface area contributed by atoms with Gasteiger partial charge in [0.1, 0.15) is 0 Å². The molecule has 2 aromatic rings. The van der Waals surface area contributed by atoms with E-state index in [1.165, 1.54) is 0 Å². The van der Waals surface area contributed by atoms with Crippen LogP contribution in [0.5, 0.6) is 0 Å². The quantitative estimate of drug-likeness (QED) is 0.797. The lowest BCUT2D eigenvalue weighted by atomic mass is 10.1. The number of amides is 2. The number of hydrogen-bond donors (Lipinski definition) is 1. The molecule has 1 aliphatic heterocycles. The van der Waals surface area contributed by atoms with Gasteiger partial charge in [0.25, 0.3) is 11.8 Å². The third-order valence-electron chi connectivity index (χ3n) is 4.14. The van der Waals surface area contributed by atoms with Crippen LogP contribution in [0, 0.1) is 6.92 Å². The Balaban J connectivity index is 1.75. The predicted octanol–water partition coefficient (Wildman–Crippen LogP) is 4.74. The first kappa shape index (κ1) is 19.1. The second-order valence-electron chi connectivity index (χ2n) is 6.05. The van der Waals surface area contributed by atoms with Crippen LogP contribution < -0.4 is 5.32 Å². The zero-order valence-electron chi connectivity index (χ0n) is 14.2. The summed E-state index contributed by atoms with van der Waals surface area (Å²) in [5.74, 6) is 1.68. The average Bonchev–Trinajstić information content (AvgIpc) is 2.62. The van der Waals surface area contributed by atoms with Gasteiger partial charge >= 0.3 is 0 Å². The molecule has 0 aromatic heterocycles. The third-order valence-corrected chi connectivity index (χ3v) is 5.52. The van der Waals surface area contributed by atoms with Crippen LogP contribution in [-0.4, -0.2) is 41.3 Å². The molecular formula is C19H18Cl2N2O2S. The lowest BCUT2D eigenvalue weighted by Crippen LogP contribution is -2.37. The number of anilines is 1. The zero-order chi connectivity index (χ0) is 18.7. The Morgan fingerprint density at radius 3 is 2.27 bits per heavy atom. The summed E-state index contributed by atoms with van der Waals surface area (Å²) in [5, 5.41) is 3.65. The number of rotatable bonds is 3. The smallest absolute Gasteiger partial charge is 0.255 e. The SMILES string of the molecule is Cc1cc(C(=O)N2CCSCC2)ccc1NC(=O)c1cc(Cl)cc(Cl)c1. The molecule has 2 aromatic carbocycles. The number of carbonyl (C=O) groups is 2. The van der Waals surface area contributed by atoms with Crippen LogP contribution in [-0.2, 0) is 0 Å². The molecule has 2 amide bonds. The number of aryl methyl sites for hydroxylation is 1. The highest BCUT2D eigenvalue weighted by molar-refractivity contribution is 7.99. The first-order valence-corrected chi connectivity index (χ1v) is 10.1. The van der Waals surface area contributed by atoms with Gasteiger partial charge in [0, 0.05) is 51.5 Å². The van der Waals surface area contributed by atoms with Crippen molar-refractivity contribution in [1.82, 2.24) is 4.90 Å². The zero-order valence-corrected chi connectivity index (χ0v) is 16.5. The number of nitrogens with zero attached hydrogens (tertiary/aromatic N) is 1. The Bertz CT molecular complexity index is 831. The Morgan fingerprint density at radius 2 is 1.65 bits per heavy atom. The van der Waals surface area contributed by atoms with Gasteiger partial charge in [-0.1, -0.05) is 23.2 Å². The van der Waals surface area contributed by atoms with E-state index in [1.54, 1.807) is 30.3 Å². The van der Waals surface area contributed by atoms with Gasteiger partial charge in [0.2, 0.25) is 0 Å². The molecule has 0 saturated carbocycles. The molecule has 1 fully saturated rings. The van der Waals surface area contributed by atoms with Gasteiger partial charge in [-0.05, 0) is 48.9 Å². The van der Waals surface area contributed by atoms with E-state index in [-0.39, 0.29) is 11.8 Å². The van der Waals surface area contributed by atoms with E-state index in [9.17, 15) is 9.59 Å². The minimum atomic E-state index is -0.301. The first-order valence-electron chi connectivity index (χ1n) is 8.19. The molecule has 1 saturated heterocycles. The summed E-state index contributed by atoms with van der Waals surface area (Å²) in [7, 11) is 0. The summed E-state index contributed by atoms with van der Waals surface area (Å²) in [4.78, 5) is 26.9. The number of hydrogen-bond acceptors (Lipinski definition) is 3. The standard InChI is InChI=1S/C19H18Cl2N2O2S/c1-12-8-13(19(25)23-4-6-26-7-5-23)2-3-17(12)22-18(24)14-9-15(20)11-16(21)10-14/h2-3,8-11H,4-7H2,1H3,(H,22,24). The minimum absolute atomic E-state index is 0.0351. The van der Waals surface area contributed by atoms with E-state index in [0.29, 0.717) is 26.9 Å². The second kappa shape index (κ2) is 8.33. The molecule has 0 radical (unpaired) electrons. The van der Waals surface area contributed by atoms with Gasteiger partial charge in [0.15, 0.2) is 0 Å². The molecule has 26 heavy (non-hydrogen) atoms. The number of carbonyl (C=O) groups excluding carboxylic acids is 2. The normalized spacial score (nSPS) is 14.2. The largest absolute Gasteiger partial charge is 0.337 e. The monoisotopic (exact) mass is 408 g/mol. The summed E-state index contributed by atoms with van der Waals surface area (Å²) >= 11 is 13.8. The molecule has 1 aliphatic rings. The van der Waals surface area contributed by atoms with Gasteiger partial charge in [0.05, 0.1) is 0 Å². The van der Waals surface area contributed by atoms with Crippen molar-refractivity contribution in [2.75, 3.05) is 29.9 Å². The van der Waals surface area contributed by atoms with E-state index in [0.717, 1.165) is 30.2 Å². The van der Waals surface area contributed by atoms with Crippen molar-refractivity contribution in [3.63, 3.8) is 0 Å². The maximum atomic E-state index is 12.6. The highest BCUT2D eigenvalue weighted by Gasteiger charge is 2.19. The Morgan fingerprint density at radius 1 is 1.00 bits per heavy atom. The molecular weight excluding hydrogens is 391 g/mol. The van der Waals surface area contributed by atoms with Gasteiger partial charge in [-0.2, -0.15) is 11.8 Å². The van der Waals surface area contributed by atoms with Crippen molar-refractivity contribution in [1.29, 1.82) is 0 Å². The summed E-state index contributed by atoms with van der Waals surface area (Å²) in [6.07, 6.45) is 0. The lowest BCUT2D eigenvalue weighted by Gasteiger charge is -2.26. The van der Waals surface area contributed by atoms with Crippen LogP contribution in [0.4, 0.5) is 5.69 Å². The van der Waals surface area contributed by atoms with Crippen molar-refractivity contribution < 1.29 is 9.59 Å². The number of thioether (sulfide) groups is 1. The minimum Gasteiger partial charge on any atom is -0.337 e. The molecule has 4 nitrogen and oxygen atoms in total. The topological polar surface area (TPSA) is 49.4 Å². The number of nitrogens with one attached hydrogen (secondary N) is 1. The first-order chi connectivity index (χ1) is 12.4. The fourth-order valence-corrected chi connectivity index (χ4v) is 4.19. The van der Waals surface area contributed by atoms with Gasteiger partial charge < -0.3 is 10.2 Å². The average molecular weight is 409 g/mol. The van der Waals surface area contributed by atoms with Crippen molar-refractivity contribution >= 4 is 52.5 Å². The molecule has 0 unspecified atom stereocenters. The van der Waals surface area contributed by atoms with Crippen LogP contribution >= 0.6 is 35.0 Å². The Labute approximate surface area is 166 Å². The number of benzene rings is 2. The summed E-state index contributed by atoms with van der Waals surface area (Å²) < 4.78 is 0. The molecule has 7 heteroatoms. The Hall–Kier alpha value is -1.69. The van der Waals surface area contributed by atoms with E-state index in [4.69, 9.17) is 23.2 Å². The molecule has 3 rings (SSSR count). The van der Waals surface area contributed by atoms with Crippen molar-refractivity contribution in [3.05, 3.63) is 63.1 Å². The predicted molar refractivity (Wildman–Crippen MR) is 109 cm³/mol. The third kappa shape index (κ3) is 4.53. The van der Waals surface area contributed by atoms with Gasteiger partial charge in [-0.15, -0.1) is 0 Å². The van der Waals surface area contributed by atoms with Crippen molar-refractivity contribution in [2.24, 2.45) is 0 Å². The Kier molecular flexibility index (Phi) is 6.12. The lowest BCUT2D eigenvalue weighted by molar-refractivity contribution is 0.0772. The highest BCUT2D eigenvalue weighted by Crippen LogP contribution is 2.22. The molecule has 0 bridgehead atoms. The molecule has 0 atom stereocenters. The van der Waals surface area contributed by atoms with Crippen molar-refractivity contribution in [2.45, 2.75) is 6.92 Å². The van der Waals surface area contributed by atoms with Gasteiger partial charge in [-0.3, -0.25) is 9.59 Å². The second-order valence-corrected chi connectivity index (χ2v) is 8.14. The fraction of sp³-hybridized carbons (Fsp3) is 0.263. The van der Waals surface area contributed by atoms with Crippen LogP contribution in [0.3, 0.4) is 0 Å². The van der Waals surface area contributed by atoms with Crippen LogP contribution in [0.25, 0.3) is 0 Å².